The second kappa shape index (κ2) is 6.09. The van der Waals surface area contributed by atoms with Gasteiger partial charge in [-0.15, -0.1) is 0 Å². The molecule has 1 saturated heterocycles. The Balaban J connectivity index is 2.01. The van der Waals surface area contributed by atoms with Crippen LogP contribution in [0.3, 0.4) is 0 Å². The first kappa shape index (κ1) is 15.9. The maximum atomic E-state index is 11.9. The molecule has 3 amide bonds. The number of hydrogen-bond donors (Lipinski definition) is 3. The van der Waals surface area contributed by atoms with Crippen molar-refractivity contribution >= 4 is 12.1 Å². The number of carbonyl (C=O) groups is 2. The number of ether oxygens (including phenoxy) is 1. The lowest BCUT2D eigenvalue weighted by Crippen LogP contribution is -2.56. The molecule has 7 heteroatoms. The van der Waals surface area contributed by atoms with E-state index >= 15 is 0 Å². The Morgan fingerprint density at radius 3 is 2.71 bits per heavy atom. The number of nitrogens with one attached hydrogen (secondary N) is 2. The summed E-state index contributed by atoms with van der Waals surface area (Å²) in [5.74, 6) is 0. The van der Waals surface area contributed by atoms with Crippen LogP contribution in [0.2, 0.25) is 0 Å². The largest absolute Gasteiger partial charge is 0.444 e. The predicted molar refractivity (Wildman–Crippen MR) is 76.9 cm³/mol. The van der Waals surface area contributed by atoms with E-state index in [1.807, 2.05) is 20.8 Å². The van der Waals surface area contributed by atoms with E-state index in [0.717, 1.165) is 0 Å². The first-order valence-electron chi connectivity index (χ1n) is 7.48. The number of amides is 3. The highest BCUT2D eigenvalue weighted by molar-refractivity contribution is 5.77. The van der Waals surface area contributed by atoms with Gasteiger partial charge in [0, 0.05) is 13.1 Å². The molecule has 7 nitrogen and oxygen atoms in total. The van der Waals surface area contributed by atoms with Crippen molar-refractivity contribution in [2.24, 2.45) is 0 Å². The third kappa shape index (κ3) is 4.23. The van der Waals surface area contributed by atoms with E-state index in [-0.39, 0.29) is 18.1 Å². The van der Waals surface area contributed by atoms with Gasteiger partial charge in [0.25, 0.3) is 0 Å². The summed E-state index contributed by atoms with van der Waals surface area (Å²) in [6, 6.07) is -0.513. The average molecular weight is 299 g/mol. The zero-order chi connectivity index (χ0) is 15.6. The molecule has 3 N–H and O–H groups in total. The Bertz CT molecular complexity index is 408. The SMILES string of the molecule is CC(C)(C)OC(=O)NC1CCC(O)CC1N1CCNC1=O. The summed E-state index contributed by atoms with van der Waals surface area (Å²) in [4.78, 5) is 25.5. The number of aliphatic hydroxyl groups excluding tert-OH is 1. The Kier molecular flexibility index (Phi) is 4.61. The fourth-order valence-electron chi connectivity index (χ4n) is 2.90. The molecule has 0 aromatic carbocycles. The number of nitrogens with zero attached hydrogens (tertiary/aromatic N) is 1. The van der Waals surface area contributed by atoms with Crippen LogP contribution in [0.1, 0.15) is 40.0 Å². The molecule has 0 radical (unpaired) electrons. The molecule has 1 aliphatic carbocycles. The Morgan fingerprint density at radius 2 is 2.14 bits per heavy atom. The van der Waals surface area contributed by atoms with Crippen LogP contribution in [0.4, 0.5) is 9.59 Å². The van der Waals surface area contributed by atoms with Gasteiger partial charge in [0.2, 0.25) is 0 Å². The molecule has 1 saturated carbocycles. The molecular weight excluding hydrogens is 274 g/mol. The van der Waals surface area contributed by atoms with E-state index in [9.17, 15) is 14.7 Å². The van der Waals surface area contributed by atoms with Crippen LogP contribution in [0.25, 0.3) is 0 Å². The summed E-state index contributed by atoms with van der Waals surface area (Å²) < 4.78 is 5.27. The van der Waals surface area contributed by atoms with Gasteiger partial charge in [-0.2, -0.15) is 0 Å². The first-order chi connectivity index (χ1) is 9.76. The number of rotatable bonds is 2. The van der Waals surface area contributed by atoms with Gasteiger partial charge in [0.15, 0.2) is 0 Å². The molecule has 0 bridgehead atoms. The number of urea groups is 1. The summed E-state index contributed by atoms with van der Waals surface area (Å²) in [6.07, 6.45) is 0.823. The highest BCUT2D eigenvalue weighted by Gasteiger charge is 2.39. The van der Waals surface area contributed by atoms with Crippen LogP contribution in [-0.4, -0.2) is 59.0 Å². The lowest BCUT2D eigenvalue weighted by molar-refractivity contribution is 0.0331. The predicted octanol–water partition coefficient (Wildman–Crippen LogP) is 0.818. The third-order valence-corrected chi connectivity index (χ3v) is 3.78. The van der Waals surface area contributed by atoms with E-state index in [1.165, 1.54) is 0 Å². The van der Waals surface area contributed by atoms with Gasteiger partial charge < -0.3 is 25.4 Å². The zero-order valence-electron chi connectivity index (χ0n) is 12.9. The van der Waals surface area contributed by atoms with Crippen LogP contribution in [0.15, 0.2) is 0 Å². The maximum Gasteiger partial charge on any atom is 0.407 e. The van der Waals surface area contributed by atoms with Gasteiger partial charge in [-0.25, -0.2) is 9.59 Å². The molecule has 2 fully saturated rings. The lowest BCUT2D eigenvalue weighted by Gasteiger charge is -2.39. The Labute approximate surface area is 125 Å². The van der Waals surface area contributed by atoms with Crippen molar-refractivity contribution in [1.82, 2.24) is 15.5 Å². The zero-order valence-corrected chi connectivity index (χ0v) is 12.9. The van der Waals surface area contributed by atoms with Crippen molar-refractivity contribution < 1.29 is 19.4 Å². The highest BCUT2D eigenvalue weighted by Crippen LogP contribution is 2.25. The van der Waals surface area contributed by atoms with Gasteiger partial charge in [0.05, 0.1) is 18.2 Å². The van der Waals surface area contributed by atoms with Crippen LogP contribution >= 0.6 is 0 Å². The molecule has 0 spiro atoms. The molecule has 21 heavy (non-hydrogen) atoms. The Morgan fingerprint density at radius 1 is 1.43 bits per heavy atom. The first-order valence-corrected chi connectivity index (χ1v) is 7.48. The second-order valence-electron chi connectivity index (χ2n) is 6.71. The van der Waals surface area contributed by atoms with Gasteiger partial charge in [-0.1, -0.05) is 0 Å². The van der Waals surface area contributed by atoms with E-state index in [4.69, 9.17) is 4.74 Å². The maximum absolute atomic E-state index is 11.9. The van der Waals surface area contributed by atoms with Crippen LogP contribution < -0.4 is 10.6 Å². The number of carbonyl (C=O) groups excluding carboxylic acids is 2. The molecule has 0 aromatic heterocycles. The summed E-state index contributed by atoms with van der Waals surface area (Å²) >= 11 is 0. The van der Waals surface area contributed by atoms with Gasteiger partial charge in [0.1, 0.15) is 5.60 Å². The topological polar surface area (TPSA) is 90.9 Å². The van der Waals surface area contributed by atoms with E-state index < -0.39 is 17.8 Å². The lowest BCUT2D eigenvalue weighted by atomic mass is 9.87. The fraction of sp³-hybridized carbons (Fsp3) is 0.857. The van der Waals surface area contributed by atoms with Crippen molar-refractivity contribution in [3.05, 3.63) is 0 Å². The average Bonchev–Trinajstić information content (AvgIpc) is 2.75. The van der Waals surface area contributed by atoms with Gasteiger partial charge in [-0.05, 0) is 40.0 Å². The number of hydrogen-bond acceptors (Lipinski definition) is 4. The van der Waals surface area contributed by atoms with Gasteiger partial charge in [-0.3, -0.25) is 0 Å². The van der Waals surface area contributed by atoms with Crippen LogP contribution in [-0.2, 0) is 4.74 Å². The van der Waals surface area contributed by atoms with E-state index in [0.29, 0.717) is 32.4 Å². The van der Waals surface area contributed by atoms with Crippen molar-refractivity contribution in [2.75, 3.05) is 13.1 Å². The van der Waals surface area contributed by atoms with Gasteiger partial charge >= 0.3 is 12.1 Å². The van der Waals surface area contributed by atoms with E-state index in [1.54, 1.807) is 4.90 Å². The highest BCUT2D eigenvalue weighted by atomic mass is 16.6. The second-order valence-corrected chi connectivity index (χ2v) is 6.71. The quantitative estimate of drug-likeness (QED) is 0.704. The third-order valence-electron chi connectivity index (χ3n) is 3.78. The number of aliphatic hydroxyl groups is 1. The standard InChI is InChI=1S/C14H25N3O4/c1-14(2,3)21-13(20)16-10-5-4-9(18)8-11(10)17-7-6-15-12(17)19/h9-11,18H,4-8H2,1-3H3,(H,15,19)(H,16,20). The van der Waals surface area contributed by atoms with Crippen molar-refractivity contribution in [3.63, 3.8) is 0 Å². The monoisotopic (exact) mass is 299 g/mol. The van der Waals surface area contributed by atoms with Crippen molar-refractivity contribution in [3.8, 4) is 0 Å². The van der Waals surface area contributed by atoms with Crippen LogP contribution in [0.5, 0.6) is 0 Å². The molecule has 0 aromatic rings. The molecule has 3 unspecified atom stereocenters. The van der Waals surface area contributed by atoms with E-state index in [2.05, 4.69) is 10.6 Å². The van der Waals surface area contributed by atoms with Crippen LogP contribution in [0, 0.1) is 0 Å². The molecule has 2 aliphatic rings. The Hall–Kier alpha value is -1.50. The molecule has 120 valence electrons. The molecule has 3 atom stereocenters. The normalized spacial score (nSPS) is 30.0. The smallest absolute Gasteiger partial charge is 0.407 e. The number of alkyl carbamates (subject to hydrolysis) is 1. The fourth-order valence-corrected chi connectivity index (χ4v) is 2.90. The van der Waals surface area contributed by atoms with Crippen molar-refractivity contribution in [2.45, 2.75) is 63.8 Å². The molecular formula is C14H25N3O4. The molecule has 2 rings (SSSR count). The summed E-state index contributed by atoms with van der Waals surface area (Å²) in [6.45, 7) is 6.63. The minimum Gasteiger partial charge on any atom is -0.444 e. The van der Waals surface area contributed by atoms with Crippen molar-refractivity contribution in [1.29, 1.82) is 0 Å². The molecule has 1 heterocycles. The minimum atomic E-state index is -0.557. The summed E-state index contributed by atoms with van der Waals surface area (Å²) in [7, 11) is 0. The molecule has 1 aliphatic heterocycles. The summed E-state index contributed by atoms with van der Waals surface area (Å²) in [5.41, 5.74) is -0.557. The minimum absolute atomic E-state index is 0.134. The summed E-state index contributed by atoms with van der Waals surface area (Å²) in [5, 5.41) is 15.5.